The number of rotatable bonds is 5. The van der Waals surface area contributed by atoms with Crippen molar-refractivity contribution in [2.75, 3.05) is 0 Å². The third-order valence-corrected chi connectivity index (χ3v) is 3.84. The first-order chi connectivity index (χ1) is 9.54. The molecule has 1 saturated carbocycles. The molecule has 1 unspecified atom stereocenters. The van der Waals surface area contributed by atoms with Gasteiger partial charge in [-0.3, -0.25) is 0 Å². The van der Waals surface area contributed by atoms with Gasteiger partial charge in [-0.05, 0) is 50.3 Å². The van der Waals surface area contributed by atoms with Gasteiger partial charge in [-0.2, -0.15) is 8.78 Å². The summed E-state index contributed by atoms with van der Waals surface area (Å²) in [4.78, 5) is 0. The Morgan fingerprint density at radius 1 is 1.25 bits per heavy atom. The molecular formula is C15H22F2N2O. The number of halogens is 2. The summed E-state index contributed by atoms with van der Waals surface area (Å²) in [6, 6.07) is 7.75. The molecule has 112 valence electrons. The zero-order valence-electron chi connectivity index (χ0n) is 11.7. The predicted octanol–water partition coefficient (Wildman–Crippen LogP) is 3.21. The number of nitrogens with two attached hydrogens (primary N) is 1. The van der Waals surface area contributed by atoms with Crippen molar-refractivity contribution in [2.24, 2.45) is 5.73 Å². The standard InChI is InChI=1S/C15H22F2N2O/c1-10(19-13-7-5-12(18)6-8-13)11-3-2-4-14(9-11)20-15(16)17/h2-4,9-10,12-13,15,19H,5-8,18H2,1H3. The lowest BCUT2D eigenvalue weighted by Crippen LogP contribution is -2.38. The van der Waals surface area contributed by atoms with Crippen molar-refractivity contribution in [1.82, 2.24) is 5.32 Å². The van der Waals surface area contributed by atoms with Gasteiger partial charge in [-0.25, -0.2) is 0 Å². The van der Waals surface area contributed by atoms with E-state index in [9.17, 15) is 8.78 Å². The van der Waals surface area contributed by atoms with Crippen molar-refractivity contribution >= 4 is 0 Å². The summed E-state index contributed by atoms with van der Waals surface area (Å²) >= 11 is 0. The van der Waals surface area contributed by atoms with Crippen molar-refractivity contribution in [1.29, 1.82) is 0 Å². The largest absolute Gasteiger partial charge is 0.435 e. The van der Waals surface area contributed by atoms with Gasteiger partial charge in [-0.15, -0.1) is 0 Å². The molecule has 3 N–H and O–H groups in total. The number of hydrogen-bond acceptors (Lipinski definition) is 3. The average Bonchev–Trinajstić information content (AvgIpc) is 2.41. The van der Waals surface area contributed by atoms with E-state index in [1.54, 1.807) is 18.2 Å². The van der Waals surface area contributed by atoms with Crippen LogP contribution in [0.4, 0.5) is 8.78 Å². The van der Waals surface area contributed by atoms with Crippen LogP contribution in [-0.2, 0) is 0 Å². The molecule has 1 aromatic carbocycles. The topological polar surface area (TPSA) is 47.3 Å². The molecule has 0 heterocycles. The van der Waals surface area contributed by atoms with Crippen LogP contribution in [0.3, 0.4) is 0 Å². The quantitative estimate of drug-likeness (QED) is 0.873. The molecular weight excluding hydrogens is 262 g/mol. The fourth-order valence-corrected chi connectivity index (χ4v) is 2.70. The minimum atomic E-state index is -2.78. The molecule has 1 aromatic rings. The molecule has 0 aliphatic heterocycles. The summed E-state index contributed by atoms with van der Waals surface area (Å²) in [5.41, 5.74) is 6.85. The van der Waals surface area contributed by atoms with Gasteiger partial charge in [0.25, 0.3) is 0 Å². The maximum absolute atomic E-state index is 12.2. The van der Waals surface area contributed by atoms with Gasteiger partial charge in [0.1, 0.15) is 5.75 Å². The zero-order chi connectivity index (χ0) is 14.5. The molecule has 1 fully saturated rings. The summed E-state index contributed by atoms with van der Waals surface area (Å²) in [6.07, 6.45) is 4.22. The first kappa shape index (κ1) is 15.2. The van der Waals surface area contributed by atoms with Crippen LogP contribution in [0.15, 0.2) is 24.3 Å². The lowest BCUT2D eigenvalue weighted by Gasteiger charge is -2.29. The van der Waals surface area contributed by atoms with Gasteiger partial charge < -0.3 is 15.8 Å². The number of alkyl halides is 2. The summed E-state index contributed by atoms with van der Waals surface area (Å²) < 4.78 is 28.9. The van der Waals surface area contributed by atoms with E-state index in [1.165, 1.54) is 0 Å². The second-order valence-electron chi connectivity index (χ2n) is 5.45. The van der Waals surface area contributed by atoms with Crippen LogP contribution in [0.1, 0.15) is 44.2 Å². The normalized spacial score (nSPS) is 24.6. The highest BCUT2D eigenvalue weighted by Gasteiger charge is 2.20. The van der Waals surface area contributed by atoms with Crippen molar-refractivity contribution in [3.05, 3.63) is 29.8 Å². The van der Waals surface area contributed by atoms with Gasteiger partial charge in [0.2, 0.25) is 0 Å². The Bertz CT molecular complexity index is 420. The molecule has 0 spiro atoms. The molecule has 0 radical (unpaired) electrons. The van der Waals surface area contributed by atoms with Crippen LogP contribution >= 0.6 is 0 Å². The Balaban J connectivity index is 1.93. The molecule has 0 aromatic heterocycles. The summed E-state index contributed by atoms with van der Waals surface area (Å²) in [6.45, 7) is -0.746. The Kier molecular flexibility index (Phi) is 5.31. The van der Waals surface area contributed by atoms with Crippen LogP contribution in [-0.4, -0.2) is 18.7 Å². The SMILES string of the molecule is CC(NC1CCC(N)CC1)c1cccc(OC(F)F)c1. The summed E-state index contributed by atoms with van der Waals surface area (Å²) in [5, 5.41) is 3.54. The molecule has 0 saturated heterocycles. The lowest BCUT2D eigenvalue weighted by molar-refractivity contribution is -0.0499. The molecule has 1 atom stereocenters. The van der Waals surface area contributed by atoms with E-state index < -0.39 is 6.61 Å². The van der Waals surface area contributed by atoms with Gasteiger partial charge in [-0.1, -0.05) is 12.1 Å². The second kappa shape index (κ2) is 6.99. The van der Waals surface area contributed by atoms with E-state index in [1.807, 2.05) is 13.0 Å². The Labute approximate surface area is 118 Å². The minimum Gasteiger partial charge on any atom is -0.435 e. The fourth-order valence-electron chi connectivity index (χ4n) is 2.70. The van der Waals surface area contributed by atoms with Crippen LogP contribution in [0.25, 0.3) is 0 Å². The average molecular weight is 284 g/mol. The van der Waals surface area contributed by atoms with Gasteiger partial charge in [0, 0.05) is 18.1 Å². The Morgan fingerprint density at radius 2 is 1.95 bits per heavy atom. The van der Waals surface area contributed by atoms with Crippen LogP contribution < -0.4 is 15.8 Å². The van der Waals surface area contributed by atoms with Crippen molar-refractivity contribution in [2.45, 2.75) is 57.3 Å². The molecule has 5 heteroatoms. The third-order valence-electron chi connectivity index (χ3n) is 3.84. The molecule has 1 aliphatic rings. The number of hydrogen-bond donors (Lipinski definition) is 2. The highest BCUT2D eigenvalue weighted by atomic mass is 19.3. The highest BCUT2D eigenvalue weighted by Crippen LogP contribution is 2.24. The number of benzene rings is 1. The molecule has 2 rings (SSSR count). The number of nitrogens with one attached hydrogen (secondary N) is 1. The minimum absolute atomic E-state index is 0.107. The maximum Gasteiger partial charge on any atom is 0.387 e. The van der Waals surface area contributed by atoms with Crippen molar-refractivity contribution in [3.8, 4) is 5.75 Å². The zero-order valence-corrected chi connectivity index (χ0v) is 11.7. The monoisotopic (exact) mass is 284 g/mol. The van der Waals surface area contributed by atoms with E-state index in [0.717, 1.165) is 31.2 Å². The van der Waals surface area contributed by atoms with Crippen molar-refractivity contribution in [3.63, 3.8) is 0 Å². The fraction of sp³-hybridized carbons (Fsp3) is 0.600. The van der Waals surface area contributed by atoms with E-state index in [2.05, 4.69) is 10.1 Å². The second-order valence-corrected chi connectivity index (χ2v) is 5.45. The maximum atomic E-state index is 12.2. The van der Waals surface area contributed by atoms with E-state index >= 15 is 0 Å². The molecule has 0 bridgehead atoms. The predicted molar refractivity (Wildman–Crippen MR) is 74.9 cm³/mol. The summed E-state index contributed by atoms with van der Waals surface area (Å²) in [5.74, 6) is 0.205. The van der Waals surface area contributed by atoms with Gasteiger partial charge in [0.15, 0.2) is 0 Å². The third kappa shape index (κ3) is 4.42. The van der Waals surface area contributed by atoms with Gasteiger partial charge >= 0.3 is 6.61 Å². The molecule has 20 heavy (non-hydrogen) atoms. The summed E-state index contributed by atoms with van der Waals surface area (Å²) in [7, 11) is 0. The molecule has 1 aliphatic carbocycles. The Hall–Kier alpha value is -1.20. The van der Waals surface area contributed by atoms with E-state index in [0.29, 0.717) is 12.1 Å². The van der Waals surface area contributed by atoms with Gasteiger partial charge in [0.05, 0.1) is 0 Å². The van der Waals surface area contributed by atoms with E-state index in [4.69, 9.17) is 5.73 Å². The highest BCUT2D eigenvalue weighted by molar-refractivity contribution is 5.30. The first-order valence-corrected chi connectivity index (χ1v) is 7.11. The lowest BCUT2D eigenvalue weighted by atomic mass is 9.91. The van der Waals surface area contributed by atoms with E-state index in [-0.39, 0.29) is 11.8 Å². The molecule has 0 amide bonds. The number of ether oxygens (including phenoxy) is 1. The molecule has 3 nitrogen and oxygen atoms in total. The smallest absolute Gasteiger partial charge is 0.387 e. The van der Waals surface area contributed by atoms with Crippen LogP contribution in [0.2, 0.25) is 0 Å². The van der Waals surface area contributed by atoms with Crippen LogP contribution in [0, 0.1) is 0 Å². The van der Waals surface area contributed by atoms with Crippen LogP contribution in [0.5, 0.6) is 5.75 Å². The first-order valence-electron chi connectivity index (χ1n) is 7.11. The Morgan fingerprint density at radius 3 is 2.60 bits per heavy atom. The van der Waals surface area contributed by atoms with Crippen molar-refractivity contribution < 1.29 is 13.5 Å².